The van der Waals surface area contributed by atoms with E-state index in [1.54, 1.807) is 0 Å². The number of aromatic nitrogens is 2. The summed E-state index contributed by atoms with van der Waals surface area (Å²) in [4.78, 5) is 40.3. The van der Waals surface area contributed by atoms with Gasteiger partial charge in [0.1, 0.15) is 12.7 Å². The van der Waals surface area contributed by atoms with E-state index in [0.717, 1.165) is 15.7 Å². The van der Waals surface area contributed by atoms with Crippen LogP contribution in [0.15, 0.2) is 34.0 Å². The number of alkyl halides is 6. The lowest BCUT2D eigenvalue weighted by atomic mass is 10.0. The fraction of sp³-hybridized carbons (Fsp3) is 0.476. The van der Waals surface area contributed by atoms with Crippen LogP contribution in [0.3, 0.4) is 0 Å². The molecule has 3 atom stereocenters. The van der Waals surface area contributed by atoms with E-state index in [1.807, 2.05) is 4.98 Å². The van der Waals surface area contributed by atoms with Gasteiger partial charge in [-0.15, -0.1) is 4.52 Å². The second kappa shape index (κ2) is 11.0. The first-order chi connectivity index (χ1) is 17.5. The number of halogens is 6. The van der Waals surface area contributed by atoms with Gasteiger partial charge in [0.25, 0.3) is 11.5 Å². The molecule has 2 aromatic rings. The van der Waals surface area contributed by atoms with Crippen LogP contribution in [0.1, 0.15) is 33.3 Å². The number of morpholine rings is 1. The van der Waals surface area contributed by atoms with Gasteiger partial charge in [-0.1, -0.05) is 4.67 Å². The van der Waals surface area contributed by atoms with Crippen molar-refractivity contribution in [2.24, 2.45) is 0 Å². The van der Waals surface area contributed by atoms with E-state index in [-0.39, 0.29) is 18.2 Å². The molecule has 1 aromatic carbocycles. The number of carbonyl (C=O) groups excluding carboxylic acids is 1. The molecule has 2 heterocycles. The van der Waals surface area contributed by atoms with Crippen LogP contribution in [-0.2, 0) is 26.2 Å². The molecule has 38 heavy (non-hydrogen) atoms. The molecular formula is C21H22F6N4O6P+. The highest BCUT2D eigenvalue weighted by Crippen LogP contribution is 2.37. The van der Waals surface area contributed by atoms with Gasteiger partial charge in [0, 0.05) is 38.0 Å². The van der Waals surface area contributed by atoms with Crippen molar-refractivity contribution in [1.82, 2.24) is 19.1 Å². The summed E-state index contributed by atoms with van der Waals surface area (Å²) >= 11 is 0. The van der Waals surface area contributed by atoms with E-state index >= 15 is 0 Å². The maximum absolute atomic E-state index is 13.3. The molecule has 0 saturated carbocycles. The largest absolute Gasteiger partial charge is 0.615 e. The minimum atomic E-state index is -5.17. The van der Waals surface area contributed by atoms with Crippen molar-refractivity contribution >= 4 is 14.1 Å². The van der Waals surface area contributed by atoms with Gasteiger partial charge in [0.2, 0.25) is 0 Å². The fourth-order valence-electron chi connectivity index (χ4n) is 3.55. The van der Waals surface area contributed by atoms with Gasteiger partial charge < -0.3 is 9.64 Å². The Morgan fingerprint density at radius 1 is 1.11 bits per heavy atom. The average molecular weight is 571 g/mol. The Morgan fingerprint density at radius 3 is 2.21 bits per heavy atom. The number of carbonyl (C=O) groups is 1. The molecule has 208 valence electrons. The van der Waals surface area contributed by atoms with Crippen LogP contribution in [0.25, 0.3) is 0 Å². The fourth-order valence-corrected chi connectivity index (χ4v) is 4.08. The summed E-state index contributed by atoms with van der Waals surface area (Å²) in [5, 5.41) is 0. The molecule has 3 rings (SSSR count). The molecular weight excluding hydrogens is 549 g/mol. The minimum Gasteiger partial charge on any atom is -0.348 e. The smallest absolute Gasteiger partial charge is 0.348 e. The average Bonchev–Trinajstić information content (AvgIpc) is 2.82. The second-order valence-corrected chi connectivity index (χ2v) is 10.1. The molecule has 17 heteroatoms. The van der Waals surface area contributed by atoms with Crippen molar-refractivity contribution in [1.29, 1.82) is 0 Å². The Kier molecular flexibility index (Phi) is 8.51. The van der Waals surface area contributed by atoms with Gasteiger partial charge in [-0.2, -0.15) is 26.3 Å². The summed E-state index contributed by atoms with van der Waals surface area (Å²) in [7, 11) is 0.581. The Hall–Kier alpha value is -3.07. The number of hydrogen-bond donors (Lipinski definition) is 1. The summed E-state index contributed by atoms with van der Waals surface area (Å²) in [6.07, 6.45) is -11.6. The number of H-pyrrole nitrogens is 1. The molecule has 1 unspecified atom stereocenters. The Morgan fingerprint density at radius 2 is 1.68 bits per heavy atom. The van der Waals surface area contributed by atoms with Crippen molar-refractivity contribution in [3.63, 3.8) is 0 Å². The molecule has 1 aliphatic rings. The van der Waals surface area contributed by atoms with E-state index < -0.39 is 79.9 Å². The molecule has 1 N–H and O–H groups in total. The minimum absolute atomic E-state index is 0.0906. The third kappa shape index (κ3) is 6.87. The summed E-state index contributed by atoms with van der Waals surface area (Å²) in [6, 6.07) is 0.496. The number of rotatable bonds is 6. The topological polar surface area (TPSA) is 114 Å². The van der Waals surface area contributed by atoms with Crippen molar-refractivity contribution in [2.75, 3.05) is 33.8 Å². The van der Waals surface area contributed by atoms with E-state index in [2.05, 4.69) is 0 Å². The number of aryl methyl sites for hydroxylation is 1. The van der Waals surface area contributed by atoms with Crippen LogP contribution in [0.2, 0.25) is 0 Å². The summed E-state index contributed by atoms with van der Waals surface area (Å²) < 4.78 is 105. The predicted molar refractivity (Wildman–Crippen MR) is 120 cm³/mol. The van der Waals surface area contributed by atoms with Crippen molar-refractivity contribution < 1.29 is 45.0 Å². The van der Waals surface area contributed by atoms with Gasteiger partial charge in [0.15, 0.2) is 6.23 Å². The number of amides is 1. The maximum atomic E-state index is 13.3. The van der Waals surface area contributed by atoms with Crippen LogP contribution >= 0.6 is 8.18 Å². The molecule has 1 aromatic heterocycles. The molecule has 1 aliphatic heterocycles. The van der Waals surface area contributed by atoms with Crippen LogP contribution in [0.4, 0.5) is 26.3 Å². The Labute approximate surface area is 211 Å². The van der Waals surface area contributed by atoms with Gasteiger partial charge in [0.05, 0.1) is 17.7 Å². The number of hydrogen-bond acceptors (Lipinski definition) is 6. The maximum Gasteiger partial charge on any atom is 0.615 e. The quantitative estimate of drug-likeness (QED) is 0.419. The predicted octanol–water partition coefficient (Wildman–Crippen LogP) is 3.16. The van der Waals surface area contributed by atoms with Gasteiger partial charge >= 0.3 is 26.2 Å². The van der Waals surface area contributed by atoms with E-state index in [1.165, 1.54) is 25.7 Å². The first-order valence-electron chi connectivity index (χ1n) is 10.8. The summed E-state index contributed by atoms with van der Waals surface area (Å²) in [5.41, 5.74) is -5.77. The number of nitrogens with zero attached hydrogens (tertiary/aromatic N) is 3. The Balaban J connectivity index is 2.02. The van der Waals surface area contributed by atoms with Crippen LogP contribution in [0, 0.1) is 6.92 Å². The van der Waals surface area contributed by atoms with E-state index in [9.17, 15) is 45.3 Å². The highest BCUT2D eigenvalue weighted by molar-refractivity contribution is 7.36. The SMILES string of the molecule is Cc1cn([C@H]2CN(C(=O)c3cc(C(F)(F)F)cc(C(F)(F)F)c3)C[C@@H](CO[P+](=O)N(C)C)O2)c(=O)[nH]c1=O. The lowest BCUT2D eigenvalue weighted by molar-refractivity contribution is -0.143. The number of nitrogens with one attached hydrogen (secondary N) is 1. The van der Waals surface area contributed by atoms with Gasteiger partial charge in [-0.05, 0) is 29.7 Å². The molecule has 0 bridgehead atoms. The van der Waals surface area contributed by atoms with Gasteiger partial charge in [-0.25, -0.2) is 4.79 Å². The lowest BCUT2D eigenvalue weighted by Gasteiger charge is -2.38. The highest BCUT2D eigenvalue weighted by Gasteiger charge is 2.40. The third-order valence-corrected chi connectivity index (χ3v) is 6.45. The molecule has 10 nitrogen and oxygen atoms in total. The number of benzene rings is 1. The molecule has 1 fully saturated rings. The molecule has 1 amide bonds. The number of ether oxygens (including phenoxy) is 1. The lowest BCUT2D eigenvalue weighted by Crippen LogP contribution is -2.51. The molecule has 0 spiro atoms. The van der Waals surface area contributed by atoms with Crippen LogP contribution in [-0.4, -0.2) is 64.9 Å². The zero-order valence-electron chi connectivity index (χ0n) is 20.1. The summed E-state index contributed by atoms with van der Waals surface area (Å²) in [6.45, 7) is 0.129. The van der Waals surface area contributed by atoms with E-state index in [0.29, 0.717) is 12.1 Å². The molecule has 0 aliphatic carbocycles. The normalized spacial score (nSPS) is 19.1. The van der Waals surface area contributed by atoms with Crippen molar-refractivity contribution in [3.05, 3.63) is 67.5 Å². The highest BCUT2D eigenvalue weighted by atomic mass is 31.1. The first-order valence-corrected chi connectivity index (χ1v) is 11.9. The third-order valence-electron chi connectivity index (χ3n) is 5.43. The van der Waals surface area contributed by atoms with Crippen LogP contribution < -0.4 is 11.2 Å². The molecule has 0 radical (unpaired) electrons. The van der Waals surface area contributed by atoms with Gasteiger partial charge in [-0.3, -0.25) is 19.1 Å². The first kappa shape index (κ1) is 29.5. The zero-order chi connectivity index (χ0) is 28.6. The second-order valence-electron chi connectivity index (χ2n) is 8.58. The van der Waals surface area contributed by atoms with Crippen LogP contribution in [0.5, 0.6) is 0 Å². The summed E-state index contributed by atoms with van der Waals surface area (Å²) in [5.74, 6) is -1.20. The standard InChI is InChI=1S/C21H21F6N4O6P/c1-11-7-31(19(34)28-17(11)32)16-9-30(8-15(37-16)10-36-38(35)29(2)3)18(33)12-4-13(20(22,23)24)6-14(5-12)21(25,26)27/h4-7,15-16H,8-10H2,1-3H3/p+1/t15-,16+/m0/s1. The van der Waals surface area contributed by atoms with E-state index in [4.69, 9.17) is 9.26 Å². The zero-order valence-corrected chi connectivity index (χ0v) is 21.0. The number of aromatic amines is 1. The molecule has 1 saturated heterocycles. The monoisotopic (exact) mass is 571 g/mol. The Bertz CT molecular complexity index is 1310. The van der Waals surface area contributed by atoms with Crippen molar-refractivity contribution in [3.8, 4) is 0 Å². The van der Waals surface area contributed by atoms with Crippen molar-refractivity contribution in [2.45, 2.75) is 31.6 Å².